The van der Waals surface area contributed by atoms with Crippen LogP contribution < -0.4 is 21.3 Å². The molecule has 3 aromatic rings. The second-order valence-corrected chi connectivity index (χ2v) is 8.67. The number of hydrogen-bond donors (Lipinski definition) is 3. The molecule has 3 amide bonds. The number of primary amides is 1. The molecule has 0 radical (unpaired) electrons. The van der Waals surface area contributed by atoms with Crippen LogP contribution in [0.15, 0.2) is 48.5 Å². The zero-order valence-electron chi connectivity index (χ0n) is 19.3. The number of nitrogens with one attached hydrogen (secondary N) is 2. The van der Waals surface area contributed by atoms with Crippen molar-refractivity contribution in [2.45, 2.75) is 33.2 Å². The summed E-state index contributed by atoms with van der Waals surface area (Å²) in [6, 6.07) is 13.8. The molecule has 1 atom stereocenters. The van der Waals surface area contributed by atoms with Gasteiger partial charge >= 0.3 is 6.03 Å². The SMILES string of the molecule is Cc1cc(C)n(-c2ccc(NC(=O)NCc3ccc(N4CCCC(C(N)=O)C4)cc3)cc2F)n1. The summed E-state index contributed by atoms with van der Waals surface area (Å²) in [6.07, 6.45) is 1.76. The number of benzene rings is 2. The average Bonchev–Trinajstić information content (AvgIpc) is 3.15. The molecule has 0 aliphatic carbocycles. The maximum absolute atomic E-state index is 14.6. The molecule has 2 heterocycles. The van der Waals surface area contributed by atoms with Crippen molar-refractivity contribution in [3.63, 3.8) is 0 Å². The summed E-state index contributed by atoms with van der Waals surface area (Å²) in [5.41, 5.74) is 9.73. The maximum atomic E-state index is 14.6. The molecule has 9 heteroatoms. The average molecular weight is 465 g/mol. The highest BCUT2D eigenvalue weighted by Crippen LogP contribution is 2.24. The minimum absolute atomic E-state index is 0.120. The lowest BCUT2D eigenvalue weighted by Gasteiger charge is -2.33. The van der Waals surface area contributed by atoms with Crippen molar-refractivity contribution >= 4 is 23.3 Å². The normalized spacial score (nSPS) is 15.7. The minimum atomic E-state index is -0.476. The van der Waals surface area contributed by atoms with Gasteiger partial charge in [-0.15, -0.1) is 0 Å². The van der Waals surface area contributed by atoms with Gasteiger partial charge in [0.2, 0.25) is 5.91 Å². The Morgan fingerprint density at radius 2 is 1.91 bits per heavy atom. The monoisotopic (exact) mass is 464 g/mol. The second kappa shape index (κ2) is 9.94. The quantitative estimate of drug-likeness (QED) is 0.518. The van der Waals surface area contributed by atoms with Gasteiger partial charge in [-0.05, 0) is 68.7 Å². The lowest BCUT2D eigenvalue weighted by Crippen LogP contribution is -2.41. The summed E-state index contributed by atoms with van der Waals surface area (Å²) in [5.74, 6) is -0.848. The fraction of sp³-hybridized carbons (Fsp3) is 0.320. The Morgan fingerprint density at radius 1 is 1.15 bits per heavy atom. The summed E-state index contributed by atoms with van der Waals surface area (Å²) in [4.78, 5) is 26.0. The maximum Gasteiger partial charge on any atom is 0.319 e. The van der Waals surface area contributed by atoms with Crippen LogP contribution in [0, 0.1) is 25.6 Å². The van der Waals surface area contributed by atoms with Crippen LogP contribution in [-0.2, 0) is 11.3 Å². The summed E-state index contributed by atoms with van der Waals surface area (Å²) < 4.78 is 16.2. The van der Waals surface area contributed by atoms with E-state index in [1.807, 2.05) is 44.2 Å². The number of nitrogens with zero attached hydrogens (tertiary/aromatic N) is 3. The third-order valence-electron chi connectivity index (χ3n) is 6.02. The number of halogens is 1. The van der Waals surface area contributed by atoms with Gasteiger partial charge in [0.15, 0.2) is 5.82 Å². The van der Waals surface area contributed by atoms with Gasteiger partial charge in [0.1, 0.15) is 5.69 Å². The highest BCUT2D eigenvalue weighted by Gasteiger charge is 2.24. The third kappa shape index (κ3) is 5.36. The number of carbonyl (C=O) groups is 2. The Kier molecular flexibility index (Phi) is 6.81. The van der Waals surface area contributed by atoms with Crippen molar-refractivity contribution in [1.82, 2.24) is 15.1 Å². The topological polar surface area (TPSA) is 105 Å². The Morgan fingerprint density at radius 3 is 2.56 bits per heavy atom. The van der Waals surface area contributed by atoms with Crippen LogP contribution in [0.3, 0.4) is 0 Å². The number of urea groups is 1. The summed E-state index contributed by atoms with van der Waals surface area (Å²) in [6.45, 7) is 5.55. The number of rotatable bonds is 6. The van der Waals surface area contributed by atoms with Gasteiger partial charge in [0.25, 0.3) is 0 Å². The molecule has 1 fully saturated rings. The molecule has 8 nitrogen and oxygen atoms in total. The van der Waals surface area contributed by atoms with E-state index in [0.717, 1.165) is 42.0 Å². The highest BCUT2D eigenvalue weighted by molar-refractivity contribution is 5.89. The molecule has 178 valence electrons. The molecule has 34 heavy (non-hydrogen) atoms. The Balaban J connectivity index is 1.31. The van der Waals surface area contributed by atoms with Crippen molar-refractivity contribution in [3.05, 3.63) is 71.3 Å². The number of aryl methyl sites for hydroxylation is 2. The van der Waals surface area contributed by atoms with E-state index in [-0.39, 0.29) is 11.8 Å². The number of hydrogen-bond acceptors (Lipinski definition) is 4. The smallest absolute Gasteiger partial charge is 0.319 e. The van der Waals surface area contributed by atoms with Crippen molar-refractivity contribution in [2.75, 3.05) is 23.3 Å². The van der Waals surface area contributed by atoms with E-state index < -0.39 is 11.8 Å². The Labute approximate surface area is 197 Å². The van der Waals surface area contributed by atoms with E-state index in [2.05, 4.69) is 20.6 Å². The summed E-state index contributed by atoms with van der Waals surface area (Å²) in [5, 5.41) is 9.74. The molecule has 4 rings (SSSR count). The first kappa shape index (κ1) is 23.3. The number of amides is 3. The van der Waals surface area contributed by atoms with Gasteiger partial charge in [-0.3, -0.25) is 4.79 Å². The van der Waals surface area contributed by atoms with Crippen molar-refractivity contribution < 1.29 is 14.0 Å². The number of nitrogens with two attached hydrogens (primary N) is 1. The van der Waals surface area contributed by atoms with Gasteiger partial charge in [0.05, 0.1) is 11.6 Å². The van der Waals surface area contributed by atoms with E-state index in [1.54, 1.807) is 12.1 Å². The molecule has 0 spiro atoms. The van der Waals surface area contributed by atoms with Crippen LogP contribution in [0.4, 0.5) is 20.6 Å². The van der Waals surface area contributed by atoms with Gasteiger partial charge in [0, 0.05) is 36.7 Å². The minimum Gasteiger partial charge on any atom is -0.371 e. The molecule has 0 bridgehead atoms. The molecule has 0 saturated carbocycles. The lowest BCUT2D eigenvalue weighted by molar-refractivity contribution is -0.122. The largest absolute Gasteiger partial charge is 0.371 e. The number of anilines is 2. The Bertz CT molecular complexity index is 1190. The van der Waals surface area contributed by atoms with Crippen LogP contribution in [-0.4, -0.2) is 34.8 Å². The molecule has 1 saturated heterocycles. The van der Waals surface area contributed by atoms with E-state index in [9.17, 15) is 14.0 Å². The number of piperidine rings is 1. The molecule has 1 aromatic heterocycles. The van der Waals surface area contributed by atoms with Gasteiger partial charge in [-0.2, -0.15) is 5.10 Å². The zero-order chi connectivity index (χ0) is 24.2. The predicted molar refractivity (Wildman–Crippen MR) is 129 cm³/mol. The summed E-state index contributed by atoms with van der Waals surface area (Å²) in [7, 11) is 0. The predicted octanol–water partition coefficient (Wildman–Crippen LogP) is 3.65. The molecule has 1 unspecified atom stereocenters. The molecule has 2 aromatic carbocycles. The molecule has 1 aliphatic heterocycles. The van der Waals surface area contributed by atoms with E-state index in [1.165, 1.54) is 10.7 Å². The van der Waals surface area contributed by atoms with E-state index >= 15 is 0 Å². The van der Waals surface area contributed by atoms with Crippen molar-refractivity contribution in [1.29, 1.82) is 0 Å². The fourth-order valence-electron chi connectivity index (χ4n) is 4.26. The first-order valence-electron chi connectivity index (χ1n) is 11.3. The number of aromatic nitrogens is 2. The van der Waals surface area contributed by atoms with Crippen molar-refractivity contribution in [3.8, 4) is 5.69 Å². The van der Waals surface area contributed by atoms with E-state index in [4.69, 9.17) is 5.73 Å². The van der Waals surface area contributed by atoms with Crippen LogP contribution in [0.5, 0.6) is 0 Å². The zero-order valence-corrected chi connectivity index (χ0v) is 19.3. The first-order chi connectivity index (χ1) is 16.3. The standard InChI is InChI=1S/C25H29FN6O2/c1-16-12-17(2)32(30-16)23-10-7-20(13-22(23)26)29-25(34)28-14-18-5-8-21(9-6-18)31-11-3-4-19(15-31)24(27)33/h5-10,12-13,19H,3-4,11,14-15H2,1-2H3,(H2,27,33)(H2,28,29,34). The van der Waals surface area contributed by atoms with Crippen LogP contribution in [0.25, 0.3) is 5.69 Å². The molecular formula is C25H29FN6O2. The van der Waals surface area contributed by atoms with Gasteiger partial charge in [-0.25, -0.2) is 13.9 Å². The highest BCUT2D eigenvalue weighted by atomic mass is 19.1. The summed E-state index contributed by atoms with van der Waals surface area (Å²) >= 11 is 0. The first-order valence-corrected chi connectivity index (χ1v) is 11.3. The van der Waals surface area contributed by atoms with Crippen LogP contribution >= 0.6 is 0 Å². The van der Waals surface area contributed by atoms with Gasteiger partial charge in [-0.1, -0.05) is 12.1 Å². The van der Waals surface area contributed by atoms with Crippen molar-refractivity contribution in [2.24, 2.45) is 11.7 Å². The lowest BCUT2D eigenvalue weighted by atomic mass is 9.97. The third-order valence-corrected chi connectivity index (χ3v) is 6.02. The molecule has 1 aliphatic rings. The second-order valence-electron chi connectivity index (χ2n) is 8.67. The van der Waals surface area contributed by atoms with Gasteiger partial charge < -0.3 is 21.3 Å². The fourth-order valence-corrected chi connectivity index (χ4v) is 4.26. The number of carbonyl (C=O) groups excluding carboxylic acids is 2. The van der Waals surface area contributed by atoms with Crippen LogP contribution in [0.1, 0.15) is 29.8 Å². The van der Waals surface area contributed by atoms with E-state index in [0.29, 0.717) is 24.5 Å². The van der Waals surface area contributed by atoms with Crippen LogP contribution in [0.2, 0.25) is 0 Å². The molecule has 4 N–H and O–H groups in total. The Hall–Kier alpha value is -3.88. The molecular weight excluding hydrogens is 435 g/mol.